The lowest BCUT2D eigenvalue weighted by atomic mass is 10.1. The van der Waals surface area contributed by atoms with Crippen LogP contribution in [0.5, 0.6) is 0 Å². The van der Waals surface area contributed by atoms with Crippen LogP contribution in [0.3, 0.4) is 0 Å². The van der Waals surface area contributed by atoms with Crippen molar-refractivity contribution in [2.24, 2.45) is 11.7 Å². The van der Waals surface area contributed by atoms with Gasteiger partial charge in [0.1, 0.15) is 5.82 Å². The summed E-state index contributed by atoms with van der Waals surface area (Å²) in [6, 6.07) is 23.3. The molecule has 1 saturated carbocycles. The maximum absolute atomic E-state index is 14.2. The number of nitrogens with two attached hydrogens (primary N) is 1. The van der Waals surface area contributed by atoms with Gasteiger partial charge in [0.05, 0.1) is 23.3 Å². The number of para-hydroxylation sites is 1. The van der Waals surface area contributed by atoms with E-state index in [1.54, 1.807) is 15.9 Å². The van der Waals surface area contributed by atoms with Crippen LogP contribution >= 0.6 is 0 Å². The highest BCUT2D eigenvalue weighted by molar-refractivity contribution is 5.96. The maximum atomic E-state index is 14.2. The van der Waals surface area contributed by atoms with Crippen LogP contribution in [0.1, 0.15) is 61.9 Å². The van der Waals surface area contributed by atoms with Crippen molar-refractivity contribution in [3.8, 4) is 0 Å². The topological polar surface area (TPSA) is 93.7 Å². The number of fused-ring (bicyclic) bond motifs is 2. The lowest BCUT2D eigenvalue weighted by Gasteiger charge is -2.41. The van der Waals surface area contributed by atoms with Crippen molar-refractivity contribution in [1.82, 2.24) is 14.5 Å². The Morgan fingerprint density at radius 1 is 1.07 bits per heavy atom. The number of nitrogens with zero attached hydrogens (tertiary/aromatic N) is 4. The van der Waals surface area contributed by atoms with Gasteiger partial charge in [-0.25, -0.2) is 14.6 Å². The predicted octanol–water partition coefficient (Wildman–Crippen LogP) is 6.40. The molecule has 2 aliphatic rings. The summed E-state index contributed by atoms with van der Waals surface area (Å²) in [5, 5.41) is 0. The zero-order chi connectivity index (χ0) is 29.2. The average molecular weight is 564 g/mol. The number of aromatic nitrogens is 2. The smallest absolute Gasteiger partial charge is 0.332 e. The van der Waals surface area contributed by atoms with Gasteiger partial charge >= 0.3 is 12.0 Å². The number of aryl methyl sites for hydroxylation is 1. The molecule has 6 rings (SSSR count). The van der Waals surface area contributed by atoms with Crippen LogP contribution < -0.4 is 10.6 Å². The number of carbonyl (C=O) groups excluding carboxylic acids is 2. The molecular formula is C34H37N5O3. The predicted molar refractivity (Wildman–Crippen MR) is 164 cm³/mol. The molecule has 216 valence electrons. The molecule has 42 heavy (non-hydrogen) atoms. The first-order valence-corrected chi connectivity index (χ1v) is 14.7. The highest BCUT2D eigenvalue weighted by atomic mass is 16.6. The van der Waals surface area contributed by atoms with Crippen LogP contribution in [0.4, 0.5) is 10.5 Å². The van der Waals surface area contributed by atoms with Crippen molar-refractivity contribution >= 4 is 34.8 Å². The van der Waals surface area contributed by atoms with Crippen molar-refractivity contribution in [3.05, 3.63) is 101 Å². The lowest BCUT2D eigenvalue weighted by molar-refractivity contribution is -0.151. The number of benzene rings is 3. The van der Waals surface area contributed by atoms with E-state index in [0.29, 0.717) is 19.0 Å². The average Bonchev–Trinajstić information content (AvgIpc) is 3.78. The summed E-state index contributed by atoms with van der Waals surface area (Å²) in [7, 11) is 0. The Balaban J connectivity index is 1.34. The molecule has 1 aliphatic heterocycles. The van der Waals surface area contributed by atoms with Gasteiger partial charge in [-0.2, -0.15) is 0 Å². The lowest BCUT2D eigenvalue weighted by Crippen LogP contribution is -2.51. The van der Waals surface area contributed by atoms with Crippen molar-refractivity contribution < 1.29 is 14.3 Å². The standard InChI is InChI=1S/C34H37N5O3/c1-23(2)18-19-37-30-16-12-25(21-35)20-28(30)36-31(37)22-38-29-11-7-6-10-27(29)33(39(34(38)41)26-14-15-26)42-32(40)17-13-24-8-4-3-5-9-24/h3-13,16-17,20,23,26,33H,14-15,18-19,21-22,35H2,1-2H3/b17-13+. The van der Waals surface area contributed by atoms with E-state index >= 15 is 0 Å². The van der Waals surface area contributed by atoms with E-state index in [1.807, 2.05) is 66.7 Å². The van der Waals surface area contributed by atoms with Crippen molar-refractivity contribution in [2.45, 2.75) is 65.0 Å². The van der Waals surface area contributed by atoms with Gasteiger partial charge in [-0.05, 0) is 60.6 Å². The summed E-state index contributed by atoms with van der Waals surface area (Å²) in [4.78, 5) is 35.8. The van der Waals surface area contributed by atoms with Gasteiger partial charge in [0.15, 0.2) is 0 Å². The van der Waals surface area contributed by atoms with Gasteiger partial charge < -0.3 is 15.0 Å². The third kappa shape index (κ3) is 5.67. The molecule has 1 atom stereocenters. The zero-order valence-electron chi connectivity index (χ0n) is 24.1. The number of esters is 1. The summed E-state index contributed by atoms with van der Waals surface area (Å²) in [5.41, 5.74) is 11.3. The molecule has 8 heteroatoms. The molecule has 2 N–H and O–H groups in total. The number of urea groups is 1. The van der Waals surface area contributed by atoms with Crippen molar-refractivity contribution in [2.75, 3.05) is 4.90 Å². The van der Waals surface area contributed by atoms with E-state index < -0.39 is 12.2 Å². The summed E-state index contributed by atoms with van der Waals surface area (Å²) in [5.74, 6) is 0.851. The molecule has 0 bridgehead atoms. The van der Waals surface area contributed by atoms with E-state index in [0.717, 1.165) is 65.0 Å². The summed E-state index contributed by atoms with van der Waals surface area (Å²) in [6.45, 7) is 5.96. The number of ether oxygens (including phenoxy) is 1. The molecule has 1 unspecified atom stereocenters. The van der Waals surface area contributed by atoms with E-state index in [-0.39, 0.29) is 12.1 Å². The largest absolute Gasteiger partial charge is 0.434 e. The molecule has 0 saturated heterocycles. The quantitative estimate of drug-likeness (QED) is 0.178. The Kier molecular flexibility index (Phi) is 7.80. The number of hydrogen-bond donors (Lipinski definition) is 1. The van der Waals surface area contributed by atoms with Gasteiger partial charge in [0, 0.05) is 30.8 Å². The molecule has 0 radical (unpaired) electrons. The zero-order valence-corrected chi connectivity index (χ0v) is 24.1. The number of amides is 2. The Bertz CT molecular complexity index is 1620. The van der Waals surface area contributed by atoms with Crippen LogP contribution in [0, 0.1) is 5.92 Å². The molecule has 4 aromatic rings. The number of anilines is 1. The fraction of sp³-hybridized carbons (Fsp3) is 0.324. The number of rotatable bonds is 10. The normalized spacial score (nSPS) is 17.0. The van der Waals surface area contributed by atoms with Crippen LogP contribution in [0.25, 0.3) is 17.1 Å². The minimum Gasteiger partial charge on any atom is -0.434 e. The molecular weight excluding hydrogens is 526 g/mol. The Morgan fingerprint density at radius 3 is 2.57 bits per heavy atom. The second-order valence-electron chi connectivity index (χ2n) is 11.5. The van der Waals surface area contributed by atoms with Crippen LogP contribution in [-0.4, -0.2) is 32.5 Å². The minimum atomic E-state index is -0.794. The minimum absolute atomic E-state index is 0.0242. The molecule has 2 heterocycles. The third-order valence-electron chi connectivity index (χ3n) is 7.93. The number of hydrogen-bond acceptors (Lipinski definition) is 5. The third-order valence-corrected chi connectivity index (χ3v) is 7.93. The molecule has 0 spiro atoms. The molecule has 1 aromatic heterocycles. The van der Waals surface area contributed by atoms with Gasteiger partial charge in [-0.3, -0.25) is 9.80 Å². The highest BCUT2D eigenvalue weighted by Crippen LogP contribution is 2.44. The van der Waals surface area contributed by atoms with E-state index in [4.69, 9.17) is 15.5 Å². The fourth-order valence-electron chi connectivity index (χ4n) is 5.54. The molecule has 1 fully saturated rings. The number of imidazole rings is 1. The molecule has 8 nitrogen and oxygen atoms in total. The molecule has 3 aromatic carbocycles. The first-order chi connectivity index (χ1) is 20.4. The van der Waals surface area contributed by atoms with Gasteiger partial charge in [-0.1, -0.05) is 68.4 Å². The first-order valence-electron chi connectivity index (χ1n) is 14.7. The Morgan fingerprint density at radius 2 is 1.83 bits per heavy atom. The second kappa shape index (κ2) is 11.8. The van der Waals surface area contributed by atoms with Gasteiger partial charge in [0.25, 0.3) is 0 Å². The summed E-state index contributed by atoms with van der Waals surface area (Å²) >= 11 is 0. The van der Waals surface area contributed by atoms with Gasteiger partial charge in [-0.15, -0.1) is 0 Å². The summed E-state index contributed by atoms with van der Waals surface area (Å²) < 4.78 is 8.23. The molecule has 2 amide bonds. The van der Waals surface area contributed by atoms with Crippen molar-refractivity contribution in [3.63, 3.8) is 0 Å². The van der Waals surface area contributed by atoms with E-state index in [1.165, 1.54) is 6.08 Å². The fourth-order valence-corrected chi connectivity index (χ4v) is 5.54. The van der Waals surface area contributed by atoms with E-state index in [9.17, 15) is 9.59 Å². The summed E-state index contributed by atoms with van der Waals surface area (Å²) in [6.07, 6.45) is 5.10. The number of carbonyl (C=O) groups is 2. The van der Waals surface area contributed by atoms with Crippen LogP contribution in [0.2, 0.25) is 0 Å². The first kappa shape index (κ1) is 27.7. The maximum Gasteiger partial charge on any atom is 0.332 e. The monoisotopic (exact) mass is 563 g/mol. The van der Waals surface area contributed by atoms with Gasteiger partial charge in [0.2, 0.25) is 6.23 Å². The Labute approximate surface area is 246 Å². The molecule has 1 aliphatic carbocycles. The van der Waals surface area contributed by atoms with Crippen LogP contribution in [-0.2, 0) is 29.2 Å². The van der Waals surface area contributed by atoms with Crippen molar-refractivity contribution in [1.29, 1.82) is 0 Å². The van der Waals surface area contributed by atoms with E-state index in [2.05, 4.69) is 24.5 Å². The van der Waals surface area contributed by atoms with Crippen LogP contribution in [0.15, 0.2) is 78.9 Å². The SMILES string of the molecule is CC(C)CCn1c(CN2C(=O)N(C3CC3)C(OC(=O)/C=C/c3ccccc3)c3ccccc32)nc2cc(CN)ccc21. The highest BCUT2D eigenvalue weighted by Gasteiger charge is 2.47. The second-order valence-corrected chi connectivity index (χ2v) is 11.5. The Hall–Kier alpha value is -4.43.